The quantitative estimate of drug-likeness (QED) is 0.777. The zero-order chi connectivity index (χ0) is 17.8. The van der Waals surface area contributed by atoms with Gasteiger partial charge in [-0.3, -0.25) is 4.98 Å². The van der Waals surface area contributed by atoms with E-state index in [4.69, 9.17) is 4.74 Å². The second kappa shape index (κ2) is 7.45. The zero-order valence-corrected chi connectivity index (χ0v) is 14.5. The van der Waals surface area contributed by atoms with Crippen LogP contribution in [0.2, 0.25) is 0 Å². The summed E-state index contributed by atoms with van der Waals surface area (Å²) in [6.45, 7) is 4.05. The van der Waals surface area contributed by atoms with Crippen molar-refractivity contribution in [1.82, 2.24) is 19.9 Å². The van der Waals surface area contributed by atoms with Crippen LogP contribution in [0.4, 0.5) is 17.5 Å². The lowest BCUT2D eigenvalue weighted by molar-refractivity contribution is 0.0365. The van der Waals surface area contributed by atoms with Crippen LogP contribution in [-0.4, -0.2) is 39.6 Å². The van der Waals surface area contributed by atoms with E-state index in [2.05, 4.69) is 30.2 Å². The first-order valence-electron chi connectivity index (χ1n) is 8.58. The van der Waals surface area contributed by atoms with Gasteiger partial charge in [0.2, 0.25) is 5.95 Å². The Morgan fingerprint density at radius 1 is 1.08 bits per heavy atom. The van der Waals surface area contributed by atoms with Crippen LogP contribution in [-0.2, 0) is 4.74 Å². The first-order chi connectivity index (χ1) is 12.8. The van der Waals surface area contributed by atoms with E-state index in [0.29, 0.717) is 13.2 Å². The SMILES string of the molecule is Cc1cccc(Nc2ccc(C3CN(c4ncccn4)CCO3)nc2)n1. The van der Waals surface area contributed by atoms with Gasteiger partial charge in [0.1, 0.15) is 11.9 Å². The van der Waals surface area contributed by atoms with Gasteiger partial charge in [-0.2, -0.15) is 0 Å². The van der Waals surface area contributed by atoms with Gasteiger partial charge >= 0.3 is 0 Å². The monoisotopic (exact) mass is 348 g/mol. The van der Waals surface area contributed by atoms with Crippen molar-refractivity contribution in [1.29, 1.82) is 0 Å². The van der Waals surface area contributed by atoms with E-state index in [1.54, 1.807) is 18.6 Å². The largest absolute Gasteiger partial charge is 0.368 e. The molecule has 7 heteroatoms. The van der Waals surface area contributed by atoms with E-state index in [0.717, 1.165) is 35.4 Å². The molecule has 0 spiro atoms. The van der Waals surface area contributed by atoms with Gasteiger partial charge in [0.25, 0.3) is 0 Å². The van der Waals surface area contributed by atoms with Crippen molar-refractivity contribution in [2.75, 3.05) is 29.9 Å². The molecule has 132 valence electrons. The third kappa shape index (κ3) is 3.78. The van der Waals surface area contributed by atoms with Crippen LogP contribution in [0, 0.1) is 6.92 Å². The highest BCUT2D eigenvalue weighted by atomic mass is 16.5. The Kier molecular flexibility index (Phi) is 4.70. The summed E-state index contributed by atoms with van der Waals surface area (Å²) in [5.41, 5.74) is 2.76. The maximum Gasteiger partial charge on any atom is 0.225 e. The fraction of sp³-hybridized carbons (Fsp3) is 0.263. The van der Waals surface area contributed by atoms with E-state index in [1.807, 2.05) is 43.3 Å². The van der Waals surface area contributed by atoms with Crippen LogP contribution in [0.25, 0.3) is 0 Å². The Morgan fingerprint density at radius 3 is 2.73 bits per heavy atom. The number of ether oxygens (including phenoxy) is 1. The number of hydrogen-bond donors (Lipinski definition) is 1. The van der Waals surface area contributed by atoms with Gasteiger partial charge in [-0.05, 0) is 37.3 Å². The molecule has 1 atom stereocenters. The molecule has 0 bridgehead atoms. The highest BCUT2D eigenvalue weighted by Crippen LogP contribution is 2.24. The number of morpholine rings is 1. The summed E-state index contributed by atoms with van der Waals surface area (Å²) in [6, 6.07) is 11.7. The molecule has 0 aliphatic carbocycles. The maximum absolute atomic E-state index is 5.90. The van der Waals surface area contributed by atoms with Crippen molar-refractivity contribution < 1.29 is 4.74 Å². The highest BCUT2D eigenvalue weighted by molar-refractivity contribution is 5.55. The summed E-state index contributed by atoms with van der Waals surface area (Å²) in [5.74, 6) is 1.53. The fourth-order valence-corrected chi connectivity index (χ4v) is 2.89. The fourth-order valence-electron chi connectivity index (χ4n) is 2.89. The van der Waals surface area contributed by atoms with Gasteiger partial charge in [-0.1, -0.05) is 6.07 Å². The Balaban J connectivity index is 1.44. The Hall–Kier alpha value is -3.06. The summed E-state index contributed by atoms with van der Waals surface area (Å²) in [5, 5.41) is 3.26. The van der Waals surface area contributed by atoms with Crippen molar-refractivity contribution in [3.05, 3.63) is 66.4 Å². The molecule has 0 amide bonds. The third-order valence-electron chi connectivity index (χ3n) is 4.18. The predicted octanol–water partition coefficient (Wildman–Crippen LogP) is 2.90. The number of aromatic nitrogens is 4. The van der Waals surface area contributed by atoms with Gasteiger partial charge in [0.15, 0.2) is 0 Å². The summed E-state index contributed by atoms with van der Waals surface area (Å²) in [7, 11) is 0. The molecule has 0 saturated carbocycles. The summed E-state index contributed by atoms with van der Waals surface area (Å²) in [4.78, 5) is 19.8. The number of nitrogens with one attached hydrogen (secondary N) is 1. The second-order valence-corrected chi connectivity index (χ2v) is 6.12. The minimum absolute atomic E-state index is 0.0984. The molecule has 3 aromatic rings. The minimum Gasteiger partial charge on any atom is -0.368 e. The normalized spacial score (nSPS) is 17.1. The molecule has 1 aliphatic rings. The van der Waals surface area contributed by atoms with Gasteiger partial charge in [-0.25, -0.2) is 15.0 Å². The van der Waals surface area contributed by atoms with Crippen molar-refractivity contribution in [3.63, 3.8) is 0 Å². The molecule has 4 heterocycles. The molecule has 1 unspecified atom stereocenters. The van der Waals surface area contributed by atoms with E-state index < -0.39 is 0 Å². The van der Waals surface area contributed by atoms with Crippen molar-refractivity contribution >= 4 is 17.5 Å². The molecule has 3 aromatic heterocycles. The van der Waals surface area contributed by atoms with Crippen LogP contribution >= 0.6 is 0 Å². The zero-order valence-electron chi connectivity index (χ0n) is 14.5. The Morgan fingerprint density at radius 2 is 1.96 bits per heavy atom. The first-order valence-corrected chi connectivity index (χ1v) is 8.58. The molecular weight excluding hydrogens is 328 g/mol. The number of hydrogen-bond acceptors (Lipinski definition) is 7. The summed E-state index contributed by atoms with van der Waals surface area (Å²) < 4.78 is 5.90. The smallest absolute Gasteiger partial charge is 0.225 e. The lowest BCUT2D eigenvalue weighted by atomic mass is 10.2. The van der Waals surface area contributed by atoms with Crippen molar-refractivity contribution in [3.8, 4) is 0 Å². The third-order valence-corrected chi connectivity index (χ3v) is 4.18. The number of rotatable bonds is 4. The van der Waals surface area contributed by atoms with Crippen LogP contribution in [0.3, 0.4) is 0 Å². The van der Waals surface area contributed by atoms with Gasteiger partial charge in [-0.15, -0.1) is 0 Å². The molecule has 1 N–H and O–H groups in total. The molecule has 7 nitrogen and oxygen atoms in total. The number of pyridine rings is 2. The van der Waals surface area contributed by atoms with Gasteiger partial charge in [0, 0.05) is 24.6 Å². The lowest BCUT2D eigenvalue weighted by Gasteiger charge is -2.32. The van der Waals surface area contributed by atoms with Gasteiger partial charge in [0.05, 0.1) is 30.7 Å². The molecular formula is C19H20N6O. The van der Waals surface area contributed by atoms with Crippen LogP contribution in [0.5, 0.6) is 0 Å². The average molecular weight is 348 g/mol. The minimum atomic E-state index is -0.0984. The Labute approximate surface area is 152 Å². The number of nitrogens with zero attached hydrogens (tertiary/aromatic N) is 5. The van der Waals surface area contributed by atoms with Gasteiger partial charge < -0.3 is 15.0 Å². The van der Waals surface area contributed by atoms with E-state index in [1.165, 1.54) is 0 Å². The molecule has 26 heavy (non-hydrogen) atoms. The van der Waals surface area contributed by atoms with Crippen LogP contribution < -0.4 is 10.2 Å². The maximum atomic E-state index is 5.90. The Bertz CT molecular complexity index is 855. The number of anilines is 3. The van der Waals surface area contributed by atoms with E-state index >= 15 is 0 Å². The molecule has 0 radical (unpaired) electrons. The molecule has 0 aromatic carbocycles. The molecule has 4 rings (SSSR count). The molecule has 1 aliphatic heterocycles. The summed E-state index contributed by atoms with van der Waals surface area (Å²) in [6.07, 6.45) is 5.22. The first kappa shape index (κ1) is 16.4. The van der Waals surface area contributed by atoms with Crippen LogP contribution in [0.1, 0.15) is 17.5 Å². The number of aryl methyl sites for hydroxylation is 1. The molecule has 1 saturated heterocycles. The van der Waals surface area contributed by atoms with Crippen molar-refractivity contribution in [2.24, 2.45) is 0 Å². The van der Waals surface area contributed by atoms with Crippen LogP contribution in [0.15, 0.2) is 55.0 Å². The van der Waals surface area contributed by atoms with E-state index in [-0.39, 0.29) is 6.10 Å². The highest BCUT2D eigenvalue weighted by Gasteiger charge is 2.24. The standard InChI is InChI=1S/C19H20N6O/c1-14-4-2-5-18(23-14)24-15-6-7-16(22-12-15)17-13-25(10-11-26-17)19-20-8-3-9-21-19/h2-9,12,17H,10-11,13H2,1H3,(H,23,24). The average Bonchev–Trinajstić information content (AvgIpc) is 2.69. The lowest BCUT2D eigenvalue weighted by Crippen LogP contribution is -2.39. The predicted molar refractivity (Wildman–Crippen MR) is 99.4 cm³/mol. The summed E-state index contributed by atoms with van der Waals surface area (Å²) >= 11 is 0. The molecule has 1 fully saturated rings. The van der Waals surface area contributed by atoms with E-state index in [9.17, 15) is 0 Å². The topological polar surface area (TPSA) is 76.1 Å². The second-order valence-electron chi connectivity index (χ2n) is 6.12. The van der Waals surface area contributed by atoms with Crippen molar-refractivity contribution in [2.45, 2.75) is 13.0 Å².